The van der Waals surface area contributed by atoms with Gasteiger partial charge in [0.25, 0.3) is 0 Å². The molecule has 0 N–H and O–H groups in total. The van der Waals surface area contributed by atoms with Crippen molar-refractivity contribution in [2.75, 3.05) is 0 Å². The predicted octanol–water partition coefficient (Wildman–Crippen LogP) is 6.03. The zero-order valence-electron chi connectivity index (χ0n) is 13.1. The maximum absolute atomic E-state index is 12.6. The Morgan fingerprint density at radius 2 is 1.44 bits per heavy atom. The summed E-state index contributed by atoms with van der Waals surface area (Å²) in [5, 5.41) is 0. The highest BCUT2D eigenvalue weighted by Crippen LogP contribution is 2.29. The Morgan fingerprint density at radius 1 is 0.800 bits per heavy atom. The van der Waals surface area contributed by atoms with Gasteiger partial charge >= 0.3 is 6.18 Å². The molecule has 0 saturated carbocycles. The minimum absolute atomic E-state index is 0.652. The lowest BCUT2D eigenvalue weighted by molar-refractivity contribution is -0.137. The molecule has 3 rings (SSSR count). The summed E-state index contributed by atoms with van der Waals surface area (Å²) in [5.41, 5.74) is 2.67. The lowest BCUT2D eigenvalue weighted by Crippen LogP contribution is -2.03. The van der Waals surface area contributed by atoms with Gasteiger partial charge in [-0.25, -0.2) is 4.98 Å². The smallest absolute Gasteiger partial charge is 0.416 e. The van der Waals surface area contributed by atoms with E-state index in [1.165, 1.54) is 24.8 Å². The second kappa shape index (κ2) is 7.21. The Balaban J connectivity index is 1.80. The highest BCUT2D eigenvalue weighted by atomic mass is 19.4. The molecule has 0 fully saturated rings. The monoisotopic (exact) mass is 341 g/mol. The Morgan fingerprint density at radius 3 is 2.00 bits per heavy atom. The average Bonchev–Trinajstić information content (AvgIpc) is 3.12. The Labute approximate surface area is 143 Å². The normalized spacial score (nSPS) is 12.3. The van der Waals surface area contributed by atoms with Crippen molar-refractivity contribution in [3.05, 3.63) is 89.1 Å². The fourth-order valence-corrected chi connectivity index (χ4v) is 2.26. The van der Waals surface area contributed by atoms with Crippen LogP contribution in [0.1, 0.15) is 27.9 Å². The van der Waals surface area contributed by atoms with Gasteiger partial charge < -0.3 is 4.42 Å². The van der Waals surface area contributed by atoms with E-state index in [0.29, 0.717) is 11.3 Å². The third kappa shape index (κ3) is 4.47. The number of oxazole rings is 1. The van der Waals surface area contributed by atoms with E-state index < -0.39 is 11.7 Å². The average molecular weight is 341 g/mol. The Bertz CT molecular complexity index is 876. The minimum Gasteiger partial charge on any atom is -0.451 e. The molecule has 0 spiro atoms. The number of nitrogens with zero attached hydrogens (tertiary/aromatic N) is 1. The van der Waals surface area contributed by atoms with Gasteiger partial charge in [-0.05, 0) is 34.9 Å². The molecular weight excluding hydrogens is 327 g/mol. The van der Waals surface area contributed by atoms with Crippen LogP contribution in [0.5, 0.6) is 0 Å². The molecule has 0 aliphatic carbocycles. The van der Waals surface area contributed by atoms with Gasteiger partial charge in [-0.3, -0.25) is 0 Å². The van der Waals surface area contributed by atoms with Crippen LogP contribution < -0.4 is 0 Å². The number of hydrogen-bond donors (Lipinski definition) is 0. The SMILES string of the molecule is FC(F)(F)c1ccc(C=Cc2ccccc2C=Cc2cocn2)cc1. The summed E-state index contributed by atoms with van der Waals surface area (Å²) in [6, 6.07) is 12.8. The third-order valence-corrected chi connectivity index (χ3v) is 3.57. The minimum atomic E-state index is -4.32. The van der Waals surface area contributed by atoms with Crippen LogP contribution in [-0.2, 0) is 6.18 Å². The van der Waals surface area contributed by atoms with E-state index in [1.807, 2.05) is 42.5 Å². The number of rotatable bonds is 4. The van der Waals surface area contributed by atoms with Crippen molar-refractivity contribution in [2.45, 2.75) is 6.18 Å². The van der Waals surface area contributed by atoms with Crippen LogP contribution in [0.2, 0.25) is 0 Å². The summed E-state index contributed by atoms with van der Waals surface area (Å²) in [6.45, 7) is 0. The molecular formula is C20H14F3NO. The second-order valence-electron chi connectivity index (χ2n) is 5.33. The molecule has 2 aromatic carbocycles. The highest BCUT2D eigenvalue weighted by molar-refractivity contribution is 5.78. The molecule has 0 saturated heterocycles. The lowest BCUT2D eigenvalue weighted by atomic mass is 10.0. The van der Waals surface area contributed by atoms with Crippen LogP contribution in [0.4, 0.5) is 13.2 Å². The Kier molecular flexibility index (Phi) is 4.84. The first kappa shape index (κ1) is 16.8. The van der Waals surface area contributed by atoms with Crippen LogP contribution >= 0.6 is 0 Å². The maximum atomic E-state index is 12.6. The molecule has 0 unspecified atom stereocenters. The number of benzene rings is 2. The summed E-state index contributed by atoms with van der Waals surface area (Å²) in [5.74, 6) is 0. The zero-order valence-corrected chi connectivity index (χ0v) is 13.1. The van der Waals surface area contributed by atoms with Gasteiger partial charge in [-0.1, -0.05) is 54.6 Å². The molecule has 0 aliphatic rings. The topological polar surface area (TPSA) is 26.0 Å². The van der Waals surface area contributed by atoms with Gasteiger partial charge in [0, 0.05) is 0 Å². The quantitative estimate of drug-likeness (QED) is 0.541. The van der Waals surface area contributed by atoms with Crippen molar-refractivity contribution in [1.29, 1.82) is 0 Å². The molecule has 0 aliphatic heterocycles. The van der Waals surface area contributed by atoms with Gasteiger partial charge in [0.05, 0.1) is 5.56 Å². The molecule has 25 heavy (non-hydrogen) atoms. The van der Waals surface area contributed by atoms with Crippen LogP contribution in [0, 0.1) is 0 Å². The predicted molar refractivity (Wildman–Crippen MR) is 92.2 cm³/mol. The van der Waals surface area contributed by atoms with Crippen molar-refractivity contribution in [2.24, 2.45) is 0 Å². The van der Waals surface area contributed by atoms with E-state index in [0.717, 1.165) is 23.3 Å². The molecule has 0 bridgehead atoms. The molecule has 0 atom stereocenters. The first-order valence-electron chi connectivity index (χ1n) is 7.53. The maximum Gasteiger partial charge on any atom is 0.416 e. The summed E-state index contributed by atoms with van der Waals surface area (Å²) in [6.07, 6.45) is 5.96. The Hall–Kier alpha value is -3.08. The van der Waals surface area contributed by atoms with Crippen molar-refractivity contribution >= 4 is 24.3 Å². The van der Waals surface area contributed by atoms with Gasteiger partial charge in [0.1, 0.15) is 12.0 Å². The number of halogens is 3. The van der Waals surface area contributed by atoms with Crippen LogP contribution in [0.25, 0.3) is 24.3 Å². The van der Waals surface area contributed by atoms with Gasteiger partial charge in [0.2, 0.25) is 0 Å². The number of hydrogen-bond acceptors (Lipinski definition) is 2. The number of alkyl halides is 3. The van der Waals surface area contributed by atoms with Crippen LogP contribution in [0.3, 0.4) is 0 Å². The summed E-state index contributed by atoms with van der Waals surface area (Å²) < 4.78 is 42.7. The van der Waals surface area contributed by atoms with E-state index >= 15 is 0 Å². The van der Waals surface area contributed by atoms with Crippen LogP contribution in [0.15, 0.2) is 65.6 Å². The summed E-state index contributed by atoms with van der Waals surface area (Å²) >= 11 is 0. The summed E-state index contributed by atoms with van der Waals surface area (Å²) in [7, 11) is 0. The van der Waals surface area contributed by atoms with Gasteiger partial charge in [0.15, 0.2) is 6.39 Å². The van der Waals surface area contributed by atoms with Crippen LogP contribution in [-0.4, -0.2) is 4.98 Å². The fraction of sp³-hybridized carbons (Fsp3) is 0.0500. The molecule has 5 heteroatoms. The fourth-order valence-electron chi connectivity index (χ4n) is 2.26. The first-order chi connectivity index (χ1) is 12.0. The van der Waals surface area contributed by atoms with E-state index in [2.05, 4.69) is 4.98 Å². The van der Waals surface area contributed by atoms with E-state index in [9.17, 15) is 13.2 Å². The molecule has 1 heterocycles. The molecule has 1 aromatic heterocycles. The molecule has 0 radical (unpaired) electrons. The molecule has 3 aromatic rings. The second-order valence-corrected chi connectivity index (χ2v) is 5.33. The van der Waals surface area contributed by atoms with Crippen molar-refractivity contribution in [3.8, 4) is 0 Å². The molecule has 126 valence electrons. The zero-order chi connectivity index (χ0) is 17.7. The van der Waals surface area contributed by atoms with E-state index in [4.69, 9.17) is 4.42 Å². The summed E-state index contributed by atoms with van der Waals surface area (Å²) in [4.78, 5) is 4.02. The van der Waals surface area contributed by atoms with Crippen molar-refractivity contribution < 1.29 is 17.6 Å². The van der Waals surface area contributed by atoms with E-state index in [1.54, 1.807) is 6.08 Å². The third-order valence-electron chi connectivity index (χ3n) is 3.57. The number of aromatic nitrogens is 1. The standard InChI is InChI=1S/C20H14F3NO/c21-20(22,23)18-10-6-15(7-11-18)5-8-16-3-1-2-4-17(16)9-12-19-13-25-14-24-19/h1-14H. The van der Waals surface area contributed by atoms with Gasteiger partial charge in [-0.15, -0.1) is 0 Å². The van der Waals surface area contributed by atoms with Crippen molar-refractivity contribution in [3.63, 3.8) is 0 Å². The van der Waals surface area contributed by atoms with Gasteiger partial charge in [-0.2, -0.15) is 13.2 Å². The highest BCUT2D eigenvalue weighted by Gasteiger charge is 2.29. The largest absolute Gasteiger partial charge is 0.451 e. The lowest BCUT2D eigenvalue weighted by Gasteiger charge is -2.06. The molecule has 2 nitrogen and oxygen atoms in total. The molecule has 0 amide bonds. The first-order valence-corrected chi connectivity index (χ1v) is 7.53. The van der Waals surface area contributed by atoms with Crippen molar-refractivity contribution in [1.82, 2.24) is 4.98 Å². The van der Waals surface area contributed by atoms with E-state index in [-0.39, 0.29) is 0 Å².